The molecule has 0 rings (SSSR count). The zero-order chi connectivity index (χ0) is 40.5. The van der Waals surface area contributed by atoms with Crippen molar-refractivity contribution in [1.82, 2.24) is 15.1 Å². The topological polar surface area (TPSA) is 139 Å². The van der Waals surface area contributed by atoms with E-state index in [1.165, 1.54) is 161 Å². The van der Waals surface area contributed by atoms with Gasteiger partial charge in [-0.15, -0.1) is 0 Å². The Morgan fingerprint density at radius 3 is 1.11 bits per heavy atom. The molecule has 55 heavy (non-hydrogen) atoms. The molecule has 4 amide bonds. The number of hydrogen-bond acceptors (Lipinski definition) is 5. The molecule has 0 bridgehead atoms. The van der Waals surface area contributed by atoms with Crippen LogP contribution in [0.2, 0.25) is 0 Å². The summed E-state index contributed by atoms with van der Waals surface area (Å²) >= 11 is 0. The Labute approximate surface area is 340 Å². The molecule has 0 heterocycles. The van der Waals surface area contributed by atoms with Crippen LogP contribution in [0.3, 0.4) is 0 Å². The number of amides is 4. The average Bonchev–Trinajstić information content (AvgIpc) is 3.16. The second-order valence-electron chi connectivity index (χ2n) is 16.4. The standard InChI is InChI=1S/C46H91N5O4/c1-3-5-7-9-11-13-15-17-19-21-23-25-27-29-31-33-45(54)49-37-40-50(38-35-43(47)52)41-42-51(39-36-44(48)53)46(55)34-32-30-28-26-24-22-20-18-16-14-12-10-8-6-4-2/h3-42H2,1-2H3,(H2,47,52)(H2,48,53)(H,49,54). The Hall–Kier alpha value is -2.16. The molecule has 0 atom stereocenters. The van der Waals surface area contributed by atoms with Gasteiger partial charge in [0.25, 0.3) is 0 Å². The van der Waals surface area contributed by atoms with E-state index in [-0.39, 0.29) is 30.6 Å². The van der Waals surface area contributed by atoms with E-state index in [1.807, 2.05) is 0 Å². The van der Waals surface area contributed by atoms with E-state index in [1.54, 1.807) is 4.90 Å². The Kier molecular flexibility index (Phi) is 39.8. The lowest BCUT2D eigenvalue weighted by atomic mass is 10.0. The number of nitrogens with two attached hydrogens (primary N) is 2. The summed E-state index contributed by atoms with van der Waals surface area (Å²) in [6, 6.07) is 0. The smallest absolute Gasteiger partial charge is 0.222 e. The van der Waals surface area contributed by atoms with Gasteiger partial charge in [0.15, 0.2) is 0 Å². The maximum atomic E-state index is 13.2. The van der Waals surface area contributed by atoms with E-state index >= 15 is 0 Å². The third kappa shape index (κ3) is 39.9. The van der Waals surface area contributed by atoms with Crippen LogP contribution in [-0.2, 0) is 19.2 Å². The summed E-state index contributed by atoms with van der Waals surface area (Å²) < 4.78 is 0. The number of carbonyl (C=O) groups excluding carboxylic acids is 4. The van der Waals surface area contributed by atoms with Crippen LogP contribution in [0.25, 0.3) is 0 Å². The molecule has 0 saturated heterocycles. The number of nitrogens with one attached hydrogen (secondary N) is 1. The van der Waals surface area contributed by atoms with Crippen molar-refractivity contribution in [2.24, 2.45) is 11.5 Å². The van der Waals surface area contributed by atoms with Crippen LogP contribution in [0.4, 0.5) is 0 Å². The molecule has 0 radical (unpaired) electrons. The molecule has 0 unspecified atom stereocenters. The predicted molar refractivity (Wildman–Crippen MR) is 233 cm³/mol. The van der Waals surface area contributed by atoms with E-state index in [4.69, 9.17) is 11.5 Å². The number of hydrogen-bond donors (Lipinski definition) is 3. The molecule has 0 aliphatic heterocycles. The van der Waals surface area contributed by atoms with Gasteiger partial charge in [-0.1, -0.05) is 194 Å². The van der Waals surface area contributed by atoms with Crippen LogP contribution in [0.1, 0.15) is 232 Å². The summed E-state index contributed by atoms with van der Waals surface area (Å²) in [7, 11) is 0. The fourth-order valence-electron chi connectivity index (χ4n) is 7.38. The van der Waals surface area contributed by atoms with Gasteiger partial charge in [0.1, 0.15) is 0 Å². The first kappa shape index (κ1) is 52.8. The Balaban J connectivity index is 4.23. The van der Waals surface area contributed by atoms with E-state index in [0.717, 1.165) is 32.1 Å². The van der Waals surface area contributed by atoms with E-state index in [2.05, 4.69) is 24.1 Å². The minimum absolute atomic E-state index is 0.0441. The quantitative estimate of drug-likeness (QED) is 0.0529. The van der Waals surface area contributed by atoms with Crippen LogP contribution in [0.5, 0.6) is 0 Å². The maximum Gasteiger partial charge on any atom is 0.222 e. The first-order valence-electron chi connectivity index (χ1n) is 23.6. The molecule has 0 aliphatic rings. The summed E-state index contributed by atoms with van der Waals surface area (Å²) in [5.74, 6) is -0.696. The average molecular weight is 778 g/mol. The molecule has 0 aromatic rings. The first-order valence-corrected chi connectivity index (χ1v) is 23.6. The summed E-state index contributed by atoms with van der Waals surface area (Å²) in [6.45, 7) is 7.31. The van der Waals surface area contributed by atoms with Crippen molar-refractivity contribution in [1.29, 1.82) is 0 Å². The summed E-state index contributed by atoms with van der Waals surface area (Å²) in [4.78, 5) is 52.6. The Morgan fingerprint density at radius 2 is 0.727 bits per heavy atom. The molecule has 9 nitrogen and oxygen atoms in total. The van der Waals surface area contributed by atoms with Gasteiger partial charge in [-0.3, -0.25) is 24.1 Å². The minimum atomic E-state index is -0.424. The number of carbonyl (C=O) groups is 4. The van der Waals surface area contributed by atoms with Gasteiger partial charge in [-0.2, -0.15) is 0 Å². The van der Waals surface area contributed by atoms with Crippen LogP contribution in [0, 0.1) is 0 Å². The van der Waals surface area contributed by atoms with E-state index in [9.17, 15) is 19.2 Å². The van der Waals surface area contributed by atoms with Gasteiger partial charge in [0, 0.05) is 65.0 Å². The molecule has 5 N–H and O–H groups in total. The van der Waals surface area contributed by atoms with Gasteiger partial charge in [-0.05, 0) is 12.8 Å². The van der Waals surface area contributed by atoms with Crippen LogP contribution in [-0.4, -0.2) is 72.7 Å². The first-order chi connectivity index (χ1) is 26.8. The van der Waals surface area contributed by atoms with E-state index < -0.39 is 5.91 Å². The lowest BCUT2D eigenvalue weighted by Crippen LogP contribution is -2.43. The molecular weight excluding hydrogens is 687 g/mol. The van der Waals surface area contributed by atoms with Crippen LogP contribution >= 0.6 is 0 Å². The third-order valence-electron chi connectivity index (χ3n) is 11.1. The minimum Gasteiger partial charge on any atom is -0.370 e. The van der Waals surface area contributed by atoms with Crippen molar-refractivity contribution in [2.75, 3.05) is 39.3 Å². The Morgan fingerprint density at radius 1 is 0.382 bits per heavy atom. The molecule has 0 aliphatic carbocycles. The Bertz CT molecular complexity index is 902. The predicted octanol–water partition coefficient (Wildman–Crippen LogP) is 10.5. The number of rotatable bonds is 44. The molecule has 324 valence electrons. The summed E-state index contributed by atoms with van der Waals surface area (Å²) in [5.41, 5.74) is 10.9. The van der Waals surface area contributed by atoms with Crippen molar-refractivity contribution in [3.8, 4) is 0 Å². The highest BCUT2D eigenvalue weighted by Crippen LogP contribution is 2.16. The van der Waals surface area contributed by atoms with Crippen molar-refractivity contribution in [2.45, 2.75) is 232 Å². The molecule has 0 saturated carbocycles. The summed E-state index contributed by atoms with van der Waals surface area (Å²) in [6.07, 6.45) is 40.0. The van der Waals surface area contributed by atoms with Gasteiger partial charge in [-0.25, -0.2) is 0 Å². The largest absolute Gasteiger partial charge is 0.370 e. The fraction of sp³-hybridized carbons (Fsp3) is 0.913. The fourth-order valence-corrected chi connectivity index (χ4v) is 7.38. The van der Waals surface area contributed by atoms with Crippen LogP contribution in [0.15, 0.2) is 0 Å². The third-order valence-corrected chi connectivity index (χ3v) is 11.1. The highest BCUT2D eigenvalue weighted by atomic mass is 16.2. The zero-order valence-corrected chi connectivity index (χ0v) is 36.5. The maximum absolute atomic E-state index is 13.2. The molecule has 9 heteroatoms. The van der Waals surface area contributed by atoms with Crippen molar-refractivity contribution < 1.29 is 19.2 Å². The lowest BCUT2D eigenvalue weighted by Gasteiger charge is -2.28. The van der Waals surface area contributed by atoms with Gasteiger partial charge in [0.2, 0.25) is 23.6 Å². The SMILES string of the molecule is CCCCCCCCCCCCCCCCCC(=O)NCCN(CCC(N)=O)CCN(CCC(N)=O)C(=O)CCCCCCCCCCCCCCCCC. The number of nitrogens with zero attached hydrogens (tertiary/aromatic N) is 2. The molecule has 0 aromatic carbocycles. The molecule has 0 spiro atoms. The second kappa shape index (κ2) is 41.5. The van der Waals surface area contributed by atoms with Crippen molar-refractivity contribution >= 4 is 23.6 Å². The second-order valence-corrected chi connectivity index (χ2v) is 16.4. The van der Waals surface area contributed by atoms with Crippen LogP contribution < -0.4 is 16.8 Å². The highest BCUT2D eigenvalue weighted by Gasteiger charge is 2.17. The van der Waals surface area contributed by atoms with Gasteiger partial charge >= 0.3 is 0 Å². The van der Waals surface area contributed by atoms with Crippen molar-refractivity contribution in [3.63, 3.8) is 0 Å². The van der Waals surface area contributed by atoms with Gasteiger partial charge in [0.05, 0.1) is 0 Å². The molecular formula is C46H91N5O4. The number of unbranched alkanes of at least 4 members (excludes halogenated alkanes) is 28. The normalized spacial score (nSPS) is 11.3. The zero-order valence-electron chi connectivity index (χ0n) is 36.5. The summed E-state index contributed by atoms with van der Waals surface area (Å²) in [5, 5.41) is 3.03. The number of primary amides is 2. The van der Waals surface area contributed by atoms with Crippen molar-refractivity contribution in [3.05, 3.63) is 0 Å². The lowest BCUT2D eigenvalue weighted by molar-refractivity contribution is -0.132. The molecule has 0 aromatic heterocycles. The highest BCUT2D eigenvalue weighted by molar-refractivity contribution is 5.78. The van der Waals surface area contributed by atoms with Gasteiger partial charge < -0.3 is 21.7 Å². The molecule has 0 fully saturated rings. The van der Waals surface area contributed by atoms with E-state index in [0.29, 0.717) is 52.1 Å². The monoisotopic (exact) mass is 778 g/mol.